The van der Waals surface area contributed by atoms with Crippen LogP contribution in [0.1, 0.15) is 34.1 Å². The van der Waals surface area contributed by atoms with Gasteiger partial charge in [0.1, 0.15) is 18.8 Å². The van der Waals surface area contributed by atoms with Crippen molar-refractivity contribution in [3.8, 4) is 0 Å². The smallest absolute Gasteiger partial charge is 0.304 e. The monoisotopic (exact) mass is 332 g/mol. The molecule has 1 saturated heterocycles. The maximum atomic E-state index is 11.3. The van der Waals surface area contributed by atoms with Gasteiger partial charge in [-0.25, -0.2) is 0 Å². The average molecular weight is 332 g/mol. The van der Waals surface area contributed by atoms with Crippen LogP contribution < -0.4 is 0 Å². The molecule has 9 heteroatoms. The predicted molar refractivity (Wildman–Crippen MR) is 72.8 cm³/mol. The molecule has 0 amide bonds. The fourth-order valence-electron chi connectivity index (χ4n) is 2.16. The molecule has 1 aliphatic rings. The van der Waals surface area contributed by atoms with Crippen LogP contribution in [-0.2, 0) is 42.9 Å². The van der Waals surface area contributed by atoms with E-state index in [1.54, 1.807) is 0 Å². The summed E-state index contributed by atoms with van der Waals surface area (Å²) in [6.07, 6.45) is -3.83. The standard InChI is InChI=1S/C14H20O9/c1-7(15)19-6-12-14(22-10(4)18)11(20-8(2)16)5-13(23-12)21-9(3)17/h11-14H,5-6H2,1-4H3/t11-,12-,13-,14?/m0/s1. The summed E-state index contributed by atoms with van der Waals surface area (Å²) in [5.74, 6) is -2.36. The Labute approximate surface area is 133 Å². The van der Waals surface area contributed by atoms with Crippen molar-refractivity contribution in [1.82, 2.24) is 0 Å². The van der Waals surface area contributed by atoms with Crippen LogP contribution in [0.3, 0.4) is 0 Å². The molecule has 0 aromatic rings. The zero-order valence-electron chi connectivity index (χ0n) is 13.4. The lowest BCUT2D eigenvalue weighted by Gasteiger charge is -2.39. The number of ether oxygens (including phenoxy) is 5. The van der Waals surface area contributed by atoms with E-state index in [4.69, 9.17) is 23.7 Å². The van der Waals surface area contributed by atoms with Crippen molar-refractivity contribution >= 4 is 23.9 Å². The zero-order valence-corrected chi connectivity index (χ0v) is 13.4. The van der Waals surface area contributed by atoms with Crippen molar-refractivity contribution in [2.24, 2.45) is 0 Å². The molecule has 0 aromatic heterocycles. The third-order valence-corrected chi connectivity index (χ3v) is 2.85. The number of rotatable bonds is 5. The van der Waals surface area contributed by atoms with E-state index in [0.717, 1.165) is 0 Å². The van der Waals surface area contributed by atoms with Gasteiger partial charge in [-0.2, -0.15) is 0 Å². The lowest BCUT2D eigenvalue weighted by molar-refractivity contribution is -0.260. The molecule has 1 rings (SSSR count). The Hall–Kier alpha value is -2.16. The highest BCUT2D eigenvalue weighted by molar-refractivity contribution is 5.68. The van der Waals surface area contributed by atoms with Crippen LogP contribution in [0.15, 0.2) is 0 Å². The summed E-state index contributed by atoms with van der Waals surface area (Å²) in [6, 6.07) is 0. The van der Waals surface area contributed by atoms with E-state index >= 15 is 0 Å². The third-order valence-electron chi connectivity index (χ3n) is 2.85. The first-order chi connectivity index (χ1) is 10.7. The number of carbonyl (C=O) groups excluding carboxylic acids is 4. The largest absolute Gasteiger partial charge is 0.463 e. The highest BCUT2D eigenvalue weighted by Crippen LogP contribution is 2.27. The van der Waals surface area contributed by atoms with Crippen LogP contribution >= 0.6 is 0 Å². The Kier molecular flexibility index (Phi) is 6.95. The Morgan fingerprint density at radius 3 is 1.91 bits per heavy atom. The zero-order chi connectivity index (χ0) is 17.6. The van der Waals surface area contributed by atoms with Gasteiger partial charge < -0.3 is 23.7 Å². The Morgan fingerprint density at radius 1 is 0.870 bits per heavy atom. The average Bonchev–Trinajstić information content (AvgIpc) is 2.37. The van der Waals surface area contributed by atoms with E-state index in [2.05, 4.69) is 0 Å². The first-order valence-electron chi connectivity index (χ1n) is 6.99. The molecule has 0 aliphatic carbocycles. The summed E-state index contributed by atoms with van der Waals surface area (Å²) in [5, 5.41) is 0. The van der Waals surface area contributed by atoms with Crippen LogP contribution in [-0.4, -0.2) is 55.1 Å². The topological polar surface area (TPSA) is 114 Å². The lowest BCUT2D eigenvalue weighted by atomic mass is 10.0. The van der Waals surface area contributed by atoms with E-state index in [1.807, 2.05) is 0 Å². The van der Waals surface area contributed by atoms with Crippen molar-refractivity contribution in [3.05, 3.63) is 0 Å². The fraction of sp³-hybridized carbons (Fsp3) is 0.714. The molecule has 0 bridgehead atoms. The van der Waals surface area contributed by atoms with Gasteiger partial charge in [-0.1, -0.05) is 0 Å². The fourth-order valence-corrected chi connectivity index (χ4v) is 2.16. The summed E-state index contributed by atoms with van der Waals surface area (Å²) < 4.78 is 25.6. The molecule has 0 aromatic carbocycles. The van der Waals surface area contributed by atoms with Gasteiger partial charge in [0.05, 0.1) is 6.42 Å². The first-order valence-corrected chi connectivity index (χ1v) is 6.99. The van der Waals surface area contributed by atoms with Gasteiger partial charge in [0.25, 0.3) is 0 Å². The van der Waals surface area contributed by atoms with E-state index < -0.39 is 48.5 Å². The number of esters is 4. The van der Waals surface area contributed by atoms with Gasteiger partial charge in [-0.05, 0) is 0 Å². The minimum atomic E-state index is -1.01. The molecular weight excluding hydrogens is 312 g/mol. The summed E-state index contributed by atoms with van der Waals surface area (Å²) in [5.41, 5.74) is 0. The van der Waals surface area contributed by atoms with Gasteiger partial charge in [-0.15, -0.1) is 0 Å². The van der Waals surface area contributed by atoms with Crippen molar-refractivity contribution in [2.45, 2.75) is 58.7 Å². The summed E-state index contributed by atoms with van der Waals surface area (Å²) >= 11 is 0. The van der Waals surface area contributed by atoms with Crippen molar-refractivity contribution in [1.29, 1.82) is 0 Å². The lowest BCUT2D eigenvalue weighted by Crippen LogP contribution is -2.54. The predicted octanol–water partition coefficient (Wildman–Crippen LogP) is 0.0910. The second-order valence-corrected chi connectivity index (χ2v) is 4.97. The van der Waals surface area contributed by atoms with Gasteiger partial charge in [0.2, 0.25) is 6.29 Å². The number of carbonyl (C=O) groups is 4. The summed E-state index contributed by atoms with van der Waals surface area (Å²) in [4.78, 5) is 44.6. The maximum Gasteiger partial charge on any atom is 0.304 e. The minimum Gasteiger partial charge on any atom is -0.463 e. The third kappa shape index (κ3) is 6.64. The normalized spacial score (nSPS) is 26.8. The molecule has 9 nitrogen and oxygen atoms in total. The molecular formula is C14H20O9. The Bertz CT molecular complexity index is 473. The number of hydrogen-bond donors (Lipinski definition) is 0. The second-order valence-electron chi connectivity index (χ2n) is 4.97. The van der Waals surface area contributed by atoms with Crippen LogP contribution in [0.5, 0.6) is 0 Å². The van der Waals surface area contributed by atoms with Gasteiger partial charge in [-0.3, -0.25) is 19.2 Å². The van der Waals surface area contributed by atoms with E-state index in [0.29, 0.717) is 0 Å². The molecule has 1 fully saturated rings. The molecule has 1 heterocycles. The summed E-state index contributed by atoms with van der Waals surface area (Å²) in [7, 11) is 0. The SMILES string of the molecule is CC(=O)OC[C@@H]1O[C@H](OC(C)=O)C[C@H](OC(C)=O)C1OC(C)=O. The molecule has 0 saturated carbocycles. The van der Waals surface area contributed by atoms with Gasteiger partial charge in [0, 0.05) is 27.7 Å². The number of hydrogen-bond acceptors (Lipinski definition) is 9. The van der Waals surface area contributed by atoms with Crippen LogP contribution in [0.25, 0.3) is 0 Å². The van der Waals surface area contributed by atoms with Crippen molar-refractivity contribution in [3.63, 3.8) is 0 Å². The highest BCUT2D eigenvalue weighted by Gasteiger charge is 2.44. The van der Waals surface area contributed by atoms with Crippen LogP contribution in [0.2, 0.25) is 0 Å². The highest BCUT2D eigenvalue weighted by atomic mass is 16.7. The molecule has 130 valence electrons. The van der Waals surface area contributed by atoms with Crippen molar-refractivity contribution in [2.75, 3.05) is 6.61 Å². The van der Waals surface area contributed by atoms with E-state index in [9.17, 15) is 19.2 Å². The van der Waals surface area contributed by atoms with Crippen molar-refractivity contribution < 1.29 is 42.9 Å². The van der Waals surface area contributed by atoms with E-state index in [-0.39, 0.29) is 13.0 Å². The van der Waals surface area contributed by atoms with Crippen LogP contribution in [0.4, 0.5) is 0 Å². The molecule has 0 N–H and O–H groups in total. The summed E-state index contributed by atoms with van der Waals surface area (Å²) in [6.45, 7) is 4.54. The molecule has 0 spiro atoms. The van der Waals surface area contributed by atoms with Gasteiger partial charge in [0.15, 0.2) is 6.10 Å². The van der Waals surface area contributed by atoms with Crippen LogP contribution in [0, 0.1) is 0 Å². The maximum absolute atomic E-state index is 11.3. The Balaban J connectivity index is 2.94. The Morgan fingerprint density at radius 2 is 1.43 bits per heavy atom. The molecule has 1 unspecified atom stereocenters. The molecule has 23 heavy (non-hydrogen) atoms. The van der Waals surface area contributed by atoms with E-state index in [1.165, 1.54) is 27.7 Å². The molecule has 1 aliphatic heterocycles. The second kappa shape index (κ2) is 8.47. The quantitative estimate of drug-likeness (QED) is 0.510. The molecule has 4 atom stereocenters. The first kappa shape index (κ1) is 18.9. The minimum absolute atomic E-state index is 0.00627. The van der Waals surface area contributed by atoms with Gasteiger partial charge >= 0.3 is 23.9 Å². The molecule has 0 radical (unpaired) electrons.